The highest BCUT2D eigenvalue weighted by Crippen LogP contribution is 3.04. The highest BCUT2D eigenvalue weighted by molar-refractivity contribution is 5.52. The van der Waals surface area contributed by atoms with E-state index in [1.54, 1.807) is 0 Å². The van der Waals surface area contributed by atoms with E-state index in [1.807, 2.05) is 0 Å². The van der Waals surface area contributed by atoms with Crippen molar-refractivity contribution in [3.8, 4) is 0 Å². The van der Waals surface area contributed by atoms with Gasteiger partial charge in [0.2, 0.25) is 0 Å². The van der Waals surface area contributed by atoms with E-state index in [-0.39, 0.29) is 6.10 Å². The highest BCUT2D eigenvalue weighted by atomic mass is 16.3. The van der Waals surface area contributed by atoms with Crippen LogP contribution in [0.5, 0.6) is 0 Å². The van der Waals surface area contributed by atoms with Crippen molar-refractivity contribution in [1.29, 1.82) is 0 Å². The van der Waals surface area contributed by atoms with Crippen LogP contribution in [-0.2, 0) is 0 Å². The Balaban J connectivity index is 1.66. The van der Waals surface area contributed by atoms with Crippen LogP contribution in [0.4, 0.5) is 0 Å². The molecule has 17 heavy (non-hydrogen) atoms. The molecular formula is C16H20O. The Morgan fingerprint density at radius 1 is 1.06 bits per heavy atom. The van der Waals surface area contributed by atoms with Crippen molar-refractivity contribution < 1.29 is 5.11 Å². The first kappa shape index (κ1) is 8.74. The van der Waals surface area contributed by atoms with Gasteiger partial charge in [-0.2, -0.15) is 0 Å². The van der Waals surface area contributed by atoms with Gasteiger partial charge >= 0.3 is 0 Å². The van der Waals surface area contributed by atoms with Gasteiger partial charge in [0, 0.05) is 5.41 Å². The second-order valence-corrected chi connectivity index (χ2v) is 8.08. The lowest BCUT2D eigenvalue weighted by molar-refractivity contribution is -0.0704. The summed E-state index contributed by atoms with van der Waals surface area (Å²) in [6, 6.07) is 0. The summed E-state index contributed by atoms with van der Waals surface area (Å²) in [4.78, 5) is 0. The number of allylic oxidation sites excluding steroid dienone is 1. The number of hydrogen-bond acceptors (Lipinski definition) is 1. The van der Waals surface area contributed by atoms with Gasteiger partial charge < -0.3 is 5.11 Å². The average molecular weight is 228 g/mol. The predicted octanol–water partition coefficient (Wildman–Crippen LogP) is 2.32. The molecule has 0 saturated heterocycles. The standard InChI is InChI=1S/C16H20O/c1-6-7(2)13-10-9-11(10)14-15(12(6)9)4-3-8(17)5-16(13,14)15/h3-4,6-14,17H,5H2,1-2H3. The summed E-state index contributed by atoms with van der Waals surface area (Å²) in [5.74, 6) is 8.12. The molecule has 0 aromatic carbocycles. The Bertz CT molecular complexity index is 496. The number of aliphatic hydroxyl groups is 1. The largest absolute Gasteiger partial charge is 0.389 e. The Morgan fingerprint density at radius 2 is 1.76 bits per heavy atom. The molecule has 11 atom stereocenters. The zero-order chi connectivity index (χ0) is 11.3. The number of hydrogen-bond donors (Lipinski definition) is 1. The summed E-state index contributed by atoms with van der Waals surface area (Å²) in [5, 5.41) is 10.1. The Kier molecular flexibility index (Phi) is 1.00. The SMILES string of the molecule is CC1C(C)C2C3C4C3C3C5(C=CC(O)CC235)C14. The van der Waals surface area contributed by atoms with Gasteiger partial charge in [-0.05, 0) is 59.2 Å². The molecule has 0 aliphatic heterocycles. The van der Waals surface area contributed by atoms with Gasteiger partial charge in [-0.3, -0.25) is 0 Å². The molecule has 0 heterocycles. The third-order valence-corrected chi connectivity index (χ3v) is 8.45. The maximum Gasteiger partial charge on any atom is 0.0726 e. The molecule has 90 valence electrons. The van der Waals surface area contributed by atoms with Gasteiger partial charge in [-0.15, -0.1) is 0 Å². The van der Waals surface area contributed by atoms with Crippen molar-refractivity contribution in [3.63, 3.8) is 0 Å². The van der Waals surface area contributed by atoms with E-state index in [0.717, 1.165) is 53.8 Å². The second-order valence-electron chi connectivity index (χ2n) is 8.08. The summed E-state index contributed by atoms with van der Waals surface area (Å²) in [6.07, 6.45) is 5.60. The van der Waals surface area contributed by atoms with Gasteiger partial charge in [0.25, 0.3) is 0 Å². The van der Waals surface area contributed by atoms with Crippen molar-refractivity contribution in [2.45, 2.75) is 26.4 Å². The molecule has 0 aromatic rings. The van der Waals surface area contributed by atoms with Crippen molar-refractivity contribution in [2.75, 3.05) is 0 Å². The fourth-order valence-corrected chi connectivity index (χ4v) is 8.52. The Labute approximate surface area is 102 Å². The molecule has 0 radical (unpaired) electrons. The van der Waals surface area contributed by atoms with Gasteiger partial charge in [-0.25, -0.2) is 0 Å². The van der Waals surface area contributed by atoms with E-state index in [1.165, 1.54) is 0 Å². The van der Waals surface area contributed by atoms with E-state index in [9.17, 15) is 5.11 Å². The van der Waals surface area contributed by atoms with Crippen molar-refractivity contribution in [1.82, 2.24) is 0 Å². The van der Waals surface area contributed by atoms with Crippen molar-refractivity contribution >= 4 is 0 Å². The molecule has 6 fully saturated rings. The Hall–Kier alpha value is -0.300. The third kappa shape index (κ3) is 0.514. The van der Waals surface area contributed by atoms with Crippen LogP contribution < -0.4 is 0 Å². The number of rotatable bonds is 0. The monoisotopic (exact) mass is 228 g/mol. The minimum Gasteiger partial charge on any atom is -0.389 e. The first-order valence-electron chi connectivity index (χ1n) is 7.53. The molecule has 2 bridgehead atoms. The summed E-state index contributed by atoms with van der Waals surface area (Å²) in [7, 11) is 0. The van der Waals surface area contributed by atoms with Crippen LogP contribution in [0.15, 0.2) is 12.2 Å². The van der Waals surface area contributed by atoms with Crippen LogP contribution in [-0.4, -0.2) is 11.2 Å². The van der Waals surface area contributed by atoms with E-state index in [0.29, 0.717) is 10.8 Å². The molecule has 1 nitrogen and oxygen atoms in total. The van der Waals surface area contributed by atoms with Crippen molar-refractivity contribution in [3.05, 3.63) is 12.2 Å². The molecule has 2 spiro atoms. The minimum absolute atomic E-state index is 0.133. The lowest BCUT2D eigenvalue weighted by atomic mass is 9.49. The fraction of sp³-hybridized carbons (Fsp3) is 0.875. The van der Waals surface area contributed by atoms with Crippen LogP contribution in [0.3, 0.4) is 0 Å². The first-order valence-corrected chi connectivity index (χ1v) is 7.53. The lowest BCUT2D eigenvalue weighted by Gasteiger charge is -2.55. The van der Waals surface area contributed by atoms with Gasteiger partial charge in [-0.1, -0.05) is 26.0 Å². The van der Waals surface area contributed by atoms with Crippen molar-refractivity contribution in [2.24, 2.45) is 58.2 Å². The van der Waals surface area contributed by atoms with Gasteiger partial charge in [0.1, 0.15) is 0 Å². The van der Waals surface area contributed by atoms with E-state index in [2.05, 4.69) is 26.0 Å². The molecule has 1 N–H and O–H groups in total. The van der Waals surface area contributed by atoms with Crippen LogP contribution in [0.1, 0.15) is 20.3 Å². The molecule has 1 heteroatoms. The molecule has 6 saturated carbocycles. The van der Waals surface area contributed by atoms with E-state index >= 15 is 0 Å². The first-order chi connectivity index (χ1) is 8.16. The quantitative estimate of drug-likeness (QED) is 0.631. The minimum atomic E-state index is -0.133. The molecule has 7 rings (SSSR count). The summed E-state index contributed by atoms with van der Waals surface area (Å²) in [6.45, 7) is 5.03. The lowest BCUT2D eigenvalue weighted by Crippen LogP contribution is -2.52. The maximum atomic E-state index is 10.1. The van der Waals surface area contributed by atoms with Crippen LogP contribution >= 0.6 is 0 Å². The number of fused-ring (bicyclic) bond motifs is 1. The normalized spacial score (nSPS) is 83.6. The molecule has 0 aromatic heterocycles. The van der Waals surface area contributed by atoms with Crippen LogP contribution in [0.2, 0.25) is 0 Å². The van der Waals surface area contributed by atoms with Crippen LogP contribution in [0, 0.1) is 58.2 Å². The summed E-state index contributed by atoms with van der Waals surface area (Å²) < 4.78 is 0. The second kappa shape index (κ2) is 1.95. The van der Waals surface area contributed by atoms with E-state index in [4.69, 9.17) is 0 Å². The topological polar surface area (TPSA) is 20.2 Å². The molecule has 7 aliphatic carbocycles. The third-order valence-electron chi connectivity index (χ3n) is 8.45. The smallest absolute Gasteiger partial charge is 0.0726 e. The summed E-state index contributed by atoms with van der Waals surface area (Å²) in [5.41, 5.74) is 1.18. The summed E-state index contributed by atoms with van der Waals surface area (Å²) >= 11 is 0. The molecule has 7 aliphatic rings. The highest BCUT2D eigenvalue weighted by Gasteiger charge is 3.01. The van der Waals surface area contributed by atoms with Gasteiger partial charge in [0.15, 0.2) is 0 Å². The fourth-order valence-electron chi connectivity index (χ4n) is 8.52. The molecule has 11 unspecified atom stereocenters. The number of aliphatic hydroxyl groups excluding tert-OH is 1. The molecule has 0 amide bonds. The van der Waals surface area contributed by atoms with Crippen LogP contribution in [0.25, 0.3) is 0 Å². The predicted molar refractivity (Wildman–Crippen MR) is 63.9 cm³/mol. The Morgan fingerprint density at radius 3 is 2.59 bits per heavy atom. The van der Waals surface area contributed by atoms with E-state index < -0.39 is 0 Å². The zero-order valence-electron chi connectivity index (χ0n) is 10.5. The zero-order valence-corrected chi connectivity index (χ0v) is 10.5. The maximum absolute atomic E-state index is 10.1. The molecular weight excluding hydrogens is 208 g/mol. The average Bonchev–Trinajstić information content (AvgIpc) is 3.07. The van der Waals surface area contributed by atoms with Gasteiger partial charge in [0.05, 0.1) is 6.10 Å².